The number of para-hydroxylation sites is 1. The number of anilines is 1. The third-order valence-corrected chi connectivity index (χ3v) is 5.25. The summed E-state index contributed by atoms with van der Waals surface area (Å²) in [6.45, 7) is 4.60. The molecule has 0 atom stereocenters. The van der Waals surface area contributed by atoms with Crippen molar-refractivity contribution in [2.24, 2.45) is 5.92 Å². The summed E-state index contributed by atoms with van der Waals surface area (Å²) in [4.78, 5) is 27.9. The van der Waals surface area contributed by atoms with E-state index in [1.807, 2.05) is 24.3 Å². The van der Waals surface area contributed by atoms with Crippen LogP contribution in [0.25, 0.3) is 11.0 Å². The molecule has 25 heavy (non-hydrogen) atoms. The van der Waals surface area contributed by atoms with Crippen LogP contribution >= 0.6 is 0 Å². The Balaban J connectivity index is 1.54. The molecule has 1 aliphatic carbocycles. The molecule has 1 aliphatic heterocycles. The summed E-state index contributed by atoms with van der Waals surface area (Å²) in [5.41, 5.74) is 1.20. The highest BCUT2D eigenvalue weighted by atomic mass is 16.3. The van der Waals surface area contributed by atoms with Gasteiger partial charge in [-0.1, -0.05) is 12.1 Å². The van der Waals surface area contributed by atoms with Crippen LogP contribution < -0.4 is 15.1 Å². The number of piperazine rings is 1. The molecular formula is C19H25N3O3+2. The number of hydrogen-bond acceptors (Lipinski definition) is 3. The van der Waals surface area contributed by atoms with Gasteiger partial charge in [0.25, 0.3) is 5.91 Å². The van der Waals surface area contributed by atoms with Crippen LogP contribution in [0.4, 0.5) is 5.69 Å². The molecule has 0 bridgehead atoms. The Bertz CT molecular complexity index is 801. The van der Waals surface area contributed by atoms with E-state index in [2.05, 4.69) is 12.4 Å². The number of amides is 1. The summed E-state index contributed by atoms with van der Waals surface area (Å²) in [5, 5.41) is 3.78. The smallest absolute Gasteiger partial charge is 0.279 e. The van der Waals surface area contributed by atoms with E-state index >= 15 is 0 Å². The number of Topliss-reactive ketones (excluding diaryl/α,β-unsaturated/α-hetero) is 1. The van der Waals surface area contributed by atoms with Gasteiger partial charge >= 0.3 is 0 Å². The van der Waals surface area contributed by atoms with Gasteiger partial charge in [0.05, 0.1) is 12.7 Å². The first-order chi connectivity index (χ1) is 12.1. The van der Waals surface area contributed by atoms with Crippen LogP contribution in [-0.4, -0.2) is 51.5 Å². The number of ketones is 1. The second-order valence-electron chi connectivity index (χ2n) is 7.37. The maximum Gasteiger partial charge on any atom is 0.279 e. The van der Waals surface area contributed by atoms with Gasteiger partial charge in [0.1, 0.15) is 31.8 Å². The van der Waals surface area contributed by atoms with Gasteiger partial charge in [0.2, 0.25) is 5.78 Å². The fourth-order valence-corrected chi connectivity index (χ4v) is 3.49. The van der Waals surface area contributed by atoms with E-state index in [0.29, 0.717) is 23.6 Å². The average Bonchev–Trinajstić information content (AvgIpc) is 3.40. The van der Waals surface area contributed by atoms with E-state index in [-0.39, 0.29) is 17.6 Å². The third kappa shape index (κ3) is 3.45. The topological polar surface area (TPSA) is 68.2 Å². The molecule has 1 saturated carbocycles. The second-order valence-corrected chi connectivity index (χ2v) is 7.37. The molecule has 1 amide bonds. The Morgan fingerprint density at radius 1 is 1.16 bits per heavy atom. The number of nitrogens with one attached hydrogen (secondary N) is 3. The van der Waals surface area contributed by atoms with Crippen LogP contribution in [-0.2, 0) is 4.79 Å². The monoisotopic (exact) mass is 343 g/mol. The van der Waals surface area contributed by atoms with Crippen molar-refractivity contribution in [2.45, 2.75) is 12.8 Å². The van der Waals surface area contributed by atoms with Crippen molar-refractivity contribution < 1.29 is 23.8 Å². The van der Waals surface area contributed by atoms with E-state index in [1.165, 1.54) is 9.80 Å². The molecule has 1 saturated heterocycles. The van der Waals surface area contributed by atoms with Crippen LogP contribution in [0.2, 0.25) is 0 Å². The van der Waals surface area contributed by atoms with Gasteiger partial charge in [-0.15, -0.1) is 0 Å². The highest BCUT2D eigenvalue weighted by Crippen LogP contribution is 2.38. The van der Waals surface area contributed by atoms with Crippen molar-refractivity contribution in [3.63, 3.8) is 0 Å². The van der Waals surface area contributed by atoms with Crippen LogP contribution in [0.1, 0.15) is 23.4 Å². The second kappa shape index (κ2) is 6.61. The number of carbonyl (C=O) groups is 2. The molecule has 1 aromatic heterocycles. The summed E-state index contributed by atoms with van der Waals surface area (Å²) in [5.74, 6) is 0.338. The highest BCUT2D eigenvalue weighted by molar-refractivity contribution is 6.12. The minimum atomic E-state index is -0.0500. The average molecular weight is 343 g/mol. The van der Waals surface area contributed by atoms with Crippen LogP contribution in [0.3, 0.4) is 0 Å². The minimum absolute atomic E-state index is 0.0158. The Morgan fingerprint density at radius 2 is 1.88 bits per heavy atom. The summed E-state index contributed by atoms with van der Waals surface area (Å²) in [6.07, 6.45) is 1.83. The Labute approximate surface area is 146 Å². The molecule has 0 spiro atoms. The Kier molecular flexibility index (Phi) is 4.31. The fraction of sp³-hybridized carbons (Fsp3) is 0.474. The predicted octanol–water partition coefficient (Wildman–Crippen LogP) is -0.623. The largest absolute Gasteiger partial charge is 0.451 e. The summed E-state index contributed by atoms with van der Waals surface area (Å²) >= 11 is 0. The van der Waals surface area contributed by atoms with Crippen molar-refractivity contribution in [2.75, 3.05) is 45.1 Å². The molecule has 2 aromatic rings. The van der Waals surface area contributed by atoms with Gasteiger partial charge < -0.3 is 19.5 Å². The lowest BCUT2D eigenvalue weighted by Gasteiger charge is -2.26. The van der Waals surface area contributed by atoms with Crippen LogP contribution in [0.5, 0.6) is 0 Å². The Morgan fingerprint density at radius 3 is 2.60 bits per heavy atom. The van der Waals surface area contributed by atoms with Crippen LogP contribution in [0.15, 0.2) is 28.7 Å². The van der Waals surface area contributed by atoms with Crippen molar-refractivity contribution in [3.05, 3.63) is 30.0 Å². The van der Waals surface area contributed by atoms with Crippen LogP contribution in [0, 0.1) is 5.92 Å². The van der Waals surface area contributed by atoms with Gasteiger partial charge in [-0.25, -0.2) is 0 Å². The fourth-order valence-electron chi connectivity index (χ4n) is 3.49. The number of hydrogen-bond donors (Lipinski definition) is 3. The van der Waals surface area contributed by atoms with E-state index < -0.39 is 0 Å². The molecule has 132 valence electrons. The van der Waals surface area contributed by atoms with Crippen molar-refractivity contribution in [3.8, 4) is 0 Å². The van der Waals surface area contributed by atoms with E-state index in [9.17, 15) is 9.59 Å². The van der Waals surface area contributed by atoms with Gasteiger partial charge in [0.15, 0.2) is 12.3 Å². The summed E-state index contributed by atoms with van der Waals surface area (Å²) in [7, 11) is 2.18. The first kappa shape index (κ1) is 16.3. The van der Waals surface area contributed by atoms with Crippen molar-refractivity contribution in [1.29, 1.82) is 0 Å². The third-order valence-electron chi connectivity index (χ3n) is 5.25. The number of quaternary nitrogens is 2. The maximum absolute atomic E-state index is 12.6. The van der Waals surface area contributed by atoms with Gasteiger partial charge in [-0.3, -0.25) is 9.59 Å². The van der Waals surface area contributed by atoms with Gasteiger partial charge in [-0.2, -0.15) is 0 Å². The molecule has 0 unspecified atom stereocenters. The number of rotatable bonds is 5. The molecule has 2 heterocycles. The van der Waals surface area contributed by atoms with E-state index in [0.717, 1.165) is 44.4 Å². The number of benzene rings is 1. The first-order valence-corrected chi connectivity index (χ1v) is 9.12. The molecule has 6 heteroatoms. The lowest BCUT2D eigenvalue weighted by atomic mass is 10.1. The first-order valence-electron chi connectivity index (χ1n) is 9.12. The van der Waals surface area contributed by atoms with Crippen molar-refractivity contribution in [1.82, 2.24) is 0 Å². The van der Waals surface area contributed by atoms with Gasteiger partial charge in [0, 0.05) is 11.3 Å². The normalized spacial score (nSPS) is 23.6. The molecule has 2 aliphatic rings. The lowest BCUT2D eigenvalue weighted by Crippen LogP contribution is -3.27. The molecule has 1 aromatic carbocycles. The quantitative estimate of drug-likeness (QED) is 0.634. The van der Waals surface area contributed by atoms with E-state index in [1.54, 1.807) is 0 Å². The van der Waals surface area contributed by atoms with E-state index in [4.69, 9.17) is 4.42 Å². The molecule has 6 nitrogen and oxygen atoms in total. The molecule has 3 N–H and O–H groups in total. The number of carbonyl (C=O) groups excluding carboxylic acids is 2. The highest BCUT2D eigenvalue weighted by Gasteiger charge is 2.35. The molecular weight excluding hydrogens is 318 g/mol. The molecule has 4 rings (SSSR count). The number of likely N-dealkylation sites (N-methyl/N-ethyl adjacent to an activating group) is 1. The summed E-state index contributed by atoms with van der Waals surface area (Å²) in [6, 6.07) is 7.50. The zero-order valence-electron chi connectivity index (χ0n) is 14.6. The minimum Gasteiger partial charge on any atom is -0.451 e. The Hall–Kier alpha value is -2.18. The zero-order chi connectivity index (χ0) is 17.4. The zero-order valence-corrected chi connectivity index (χ0v) is 14.6. The predicted molar refractivity (Wildman–Crippen MR) is 94.1 cm³/mol. The van der Waals surface area contributed by atoms with Gasteiger partial charge in [-0.05, 0) is 25.0 Å². The molecule has 2 fully saturated rings. The molecule has 0 radical (unpaired) electrons. The lowest BCUT2D eigenvalue weighted by molar-refractivity contribution is -0.999. The summed E-state index contributed by atoms with van der Waals surface area (Å²) < 4.78 is 5.79. The van der Waals surface area contributed by atoms with Crippen molar-refractivity contribution >= 4 is 28.3 Å². The standard InChI is InChI=1S/C19H23N3O3/c1-21-8-10-22(11-9-21)12-16(23)20-17-14-4-2-3-5-15(14)25-19(17)18(24)13-6-7-13/h2-5,13H,6-12H2,1H3,(H,20,23)/p+2. The number of furan rings is 1. The SMILES string of the molecule is C[NH+]1CC[NH+](CC(=O)Nc2c(C(=O)C3CC3)oc3ccccc23)CC1. The number of fused-ring (bicyclic) bond motifs is 1. The maximum atomic E-state index is 12.6.